The summed E-state index contributed by atoms with van der Waals surface area (Å²) in [5.74, 6) is 2.45. The number of nitrogens with zero attached hydrogens (tertiary/aromatic N) is 1. The van der Waals surface area contributed by atoms with Crippen LogP contribution in [0.4, 0.5) is 0 Å². The van der Waals surface area contributed by atoms with Crippen molar-refractivity contribution in [2.75, 3.05) is 13.1 Å². The van der Waals surface area contributed by atoms with Crippen molar-refractivity contribution in [3.63, 3.8) is 0 Å². The van der Waals surface area contributed by atoms with Crippen molar-refractivity contribution in [2.45, 2.75) is 58.0 Å². The van der Waals surface area contributed by atoms with Crippen molar-refractivity contribution in [3.8, 4) is 0 Å². The lowest BCUT2D eigenvalue weighted by atomic mass is 9.89. The van der Waals surface area contributed by atoms with Gasteiger partial charge in [-0.1, -0.05) is 13.3 Å². The van der Waals surface area contributed by atoms with E-state index in [2.05, 4.69) is 24.1 Å². The number of rotatable bonds is 1. The standard InChI is InChI=1S/C15H26N2O/c1-10-5-4-8-17(11(10)2)15(18)14-13-7-3-6-12(13)9-16-14/h10-14,16H,3-9H2,1-2H3. The molecular weight excluding hydrogens is 224 g/mol. The van der Waals surface area contributed by atoms with Gasteiger partial charge >= 0.3 is 0 Å². The molecule has 0 radical (unpaired) electrons. The summed E-state index contributed by atoms with van der Waals surface area (Å²) >= 11 is 0. The van der Waals surface area contributed by atoms with Crippen LogP contribution >= 0.6 is 0 Å². The number of carbonyl (C=O) groups is 1. The zero-order valence-corrected chi connectivity index (χ0v) is 11.7. The first kappa shape index (κ1) is 12.5. The summed E-state index contributed by atoms with van der Waals surface area (Å²) in [5.41, 5.74) is 0. The number of hydrogen-bond donors (Lipinski definition) is 1. The van der Waals surface area contributed by atoms with Gasteiger partial charge in [-0.2, -0.15) is 0 Å². The Balaban J connectivity index is 1.70. The second kappa shape index (κ2) is 4.84. The first-order chi connectivity index (χ1) is 8.68. The molecule has 5 atom stereocenters. The first-order valence-corrected chi connectivity index (χ1v) is 7.72. The minimum atomic E-state index is 0.130. The Labute approximate surface area is 110 Å². The molecular formula is C15H26N2O. The third kappa shape index (κ3) is 1.97. The molecule has 2 heterocycles. The molecule has 3 heteroatoms. The number of likely N-dealkylation sites (tertiary alicyclic amines) is 1. The van der Waals surface area contributed by atoms with Crippen molar-refractivity contribution in [3.05, 3.63) is 0 Å². The minimum absolute atomic E-state index is 0.130. The molecule has 18 heavy (non-hydrogen) atoms. The van der Waals surface area contributed by atoms with Gasteiger partial charge in [-0.3, -0.25) is 4.79 Å². The van der Waals surface area contributed by atoms with E-state index in [9.17, 15) is 4.79 Å². The van der Waals surface area contributed by atoms with Gasteiger partial charge in [0.15, 0.2) is 0 Å². The molecule has 102 valence electrons. The molecule has 2 aliphatic heterocycles. The number of fused-ring (bicyclic) bond motifs is 1. The zero-order chi connectivity index (χ0) is 12.7. The number of nitrogens with one attached hydrogen (secondary N) is 1. The van der Waals surface area contributed by atoms with E-state index in [0.717, 1.165) is 19.0 Å². The fraction of sp³-hybridized carbons (Fsp3) is 0.933. The lowest BCUT2D eigenvalue weighted by Gasteiger charge is -2.40. The Morgan fingerprint density at radius 2 is 2.00 bits per heavy atom. The average molecular weight is 250 g/mol. The highest BCUT2D eigenvalue weighted by Gasteiger charge is 2.45. The molecule has 3 rings (SSSR count). The molecule has 1 saturated carbocycles. The van der Waals surface area contributed by atoms with Crippen LogP contribution in [0.3, 0.4) is 0 Å². The van der Waals surface area contributed by atoms with Crippen molar-refractivity contribution >= 4 is 5.91 Å². The number of hydrogen-bond acceptors (Lipinski definition) is 2. The summed E-state index contributed by atoms with van der Waals surface area (Å²) in [4.78, 5) is 14.9. The van der Waals surface area contributed by atoms with Gasteiger partial charge in [-0.15, -0.1) is 0 Å². The molecule has 0 aromatic rings. The predicted molar refractivity (Wildman–Crippen MR) is 72.2 cm³/mol. The van der Waals surface area contributed by atoms with Crippen LogP contribution in [-0.4, -0.2) is 36.0 Å². The van der Waals surface area contributed by atoms with Crippen LogP contribution in [0.25, 0.3) is 0 Å². The molecule has 3 aliphatic rings. The fourth-order valence-electron chi connectivity index (χ4n) is 4.28. The molecule has 1 amide bonds. The molecule has 0 aromatic carbocycles. The highest BCUT2D eigenvalue weighted by Crippen LogP contribution is 2.39. The number of carbonyl (C=O) groups excluding carboxylic acids is 1. The van der Waals surface area contributed by atoms with Gasteiger partial charge in [0.1, 0.15) is 0 Å². The van der Waals surface area contributed by atoms with Gasteiger partial charge in [-0.25, -0.2) is 0 Å². The van der Waals surface area contributed by atoms with Crippen LogP contribution in [0, 0.1) is 17.8 Å². The van der Waals surface area contributed by atoms with Crippen LogP contribution in [0.2, 0.25) is 0 Å². The monoisotopic (exact) mass is 250 g/mol. The van der Waals surface area contributed by atoms with Gasteiger partial charge in [0.25, 0.3) is 0 Å². The SMILES string of the molecule is CC1CCCN(C(=O)C2NCC3CCCC32)C1C. The second-order valence-corrected chi connectivity index (χ2v) is 6.63. The van der Waals surface area contributed by atoms with Gasteiger partial charge in [-0.05, 0) is 56.9 Å². The predicted octanol–water partition coefficient (Wildman–Crippen LogP) is 2.02. The van der Waals surface area contributed by atoms with Crippen molar-refractivity contribution in [1.29, 1.82) is 0 Å². The van der Waals surface area contributed by atoms with E-state index >= 15 is 0 Å². The fourth-order valence-corrected chi connectivity index (χ4v) is 4.28. The Kier molecular flexibility index (Phi) is 3.35. The highest BCUT2D eigenvalue weighted by atomic mass is 16.2. The molecule has 0 aromatic heterocycles. The summed E-state index contributed by atoms with van der Waals surface area (Å²) in [5, 5.41) is 3.50. The third-order valence-corrected chi connectivity index (χ3v) is 5.67. The second-order valence-electron chi connectivity index (χ2n) is 6.63. The topological polar surface area (TPSA) is 32.3 Å². The van der Waals surface area contributed by atoms with E-state index in [0.29, 0.717) is 23.8 Å². The van der Waals surface area contributed by atoms with Gasteiger partial charge in [0.05, 0.1) is 6.04 Å². The van der Waals surface area contributed by atoms with E-state index in [4.69, 9.17) is 0 Å². The number of amides is 1. The molecule has 3 nitrogen and oxygen atoms in total. The van der Waals surface area contributed by atoms with Crippen LogP contribution in [0.1, 0.15) is 46.0 Å². The van der Waals surface area contributed by atoms with E-state index < -0.39 is 0 Å². The Morgan fingerprint density at radius 1 is 1.17 bits per heavy atom. The zero-order valence-electron chi connectivity index (χ0n) is 11.7. The average Bonchev–Trinajstić information content (AvgIpc) is 2.94. The van der Waals surface area contributed by atoms with Crippen LogP contribution in [-0.2, 0) is 4.79 Å². The maximum absolute atomic E-state index is 12.8. The summed E-state index contributed by atoms with van der Waals surface area (Å²) in [6.45, 7) is 6.55. The minimum Gasteiger partial charge on any atom is -0.338 e. The summed E-state index contributed by atoms with van der Waals surface area (Å²) in [7, 11) is 0. The summed E-state index contributed by atoms with van der Waals surface area (Å²) < 4.78 is 0. The van der Waals surface area contributed by atoms with Crippen molar-refractivity contribution in [1.82, 2.24) is 10.2 Å². The third-order valence-electron chi connectivity index (χ3n) is 5.67. The van der Waals surface area contributed by atoms with Crippen molar-refractivity contribution < 1.29 is 4.79 Å². The molecule has 5 unspecified atom stereocenters. The Bertz CT molecular complexity index is 324. The van der Waals surface area contributed by atoms with E-state index in [1.807, 2.05) is 0 Å². The smallest absolute Gasteiger partial charge is 0.240 e. The maximum Gasteiger partial charge on any atom is 0.240 e. The molecule has 0 spiro atoms. The lowest BCUT2D eigenvalue weighted by Crippen LogP contribution is -2.53. The summed E-state index contributed by atoms with van der Waals surface area (Å²) in [6, 6.07) is 0.554. The lowest BCUT2D eigenvalue weighted by molar-refractivity contribution is -0.138. The van der Waals surface area contributed by atoms with Gasteiger partial charge in [0.2, 0.25) is 5.91 Å². The van der Waals surface area contributed by atoms with Gasteiger partial charge in [0, 0.05) is 12.6 Å². The van der Waals surface area contributed by atoms with E-state index in [1.165, 1.54) is 32.1 Å². The molecule has 1 aliphatic carbocycles. The normalized spacial score (nSPS) is 44.1. The maximum atomic E-state index is 12.8. The number of piperidine rings is 1. The Morgan fingerprint density at radius 3 is 2.83 bits per heavy atom. The van der Waals surface area contributed by atoms with Crippen LogP contribution in [0.15, 0.2) is 0 Å². The van der Waals surface area contributed by atoms with Crippen LogP contribution in [0.5, 0.6) is 0 Å². The molecule has 2 saturated heterocycles. The summed E-state index contributed by atoms with van der Waals surface area (Å²) in [6.07, 6.45) is 6.36. The van der Waals surface area contributed by atoms with Gasteiger partial charge < -0.3 is 10.2 Å². The van der Waals surface area contributed by atoms with E-state index in [-0.39, 0.29) is 6.04 Å². The van der Waals surface area contributed by atoms with Crippen molar-refractivity contribution in [2.24, 2.45) is 17.8 Å². The quantitative estimate of drug-likeness (QED) is 0.772. The molecule has 0 bridgehead atoms. The molecule has 3 fully saturated rings. The Hall–Kier alpha value is -0.570. The van der Waals surface area contributed by atoms with E-state index in [1.54, 1.807) is 0 Å². The van der Waals surface area contributed by atoms with Crippen LogP contribution < -0.4 is 5.32 Å². The highest BCUT2D eigenvalue weighted by molar-refractivity contribution is 5.83. The first-order valence-electron chi connectivity index (χ1n) is 7.72. The molecule has 1 N–H and O–H groups in total. The largest absolute Gasteiger partial charge is 0.338 e.